The Hall–Kier alpha value is -2.08. The summed E-state index contributed by atoms with van der Waals surface area (Å²) in [5.41, 5.74) is 3.02. The van der Waals surface area contributed by atoms with Crippen molar-refractivity contribution in [2.45, 2.75) is 27.3 Å². The molecular formula is C14H17ClN4O2. The summed E-state index contributed by atoms with van der Waals surface area (Å²) in [7, 11) is 0. The molecular weight excluding hydrogens is 292 g/mol. The Morgan fingerprint density at radius 1 is 1.43 bits per heavy atom. The predicted molar refractivity (Wildman–Crippen MR) is 83.1 cm³/mol. The van der Waals surface area contributed by atoms with E-state index in [1.807, 2.05) is 26.8 Å². The summed E-state index contributed by atoms with van der Waals surface area (Å²) in [4.78, 5) is 10.8. The number of nitro benzene ring substituents is 1. The molecule has 0 amide bonds. The van der Waals surface area contributed by atoms with E-state index in [4.69, 9.17) is 11.6 Å². The average Bonchev–Trinajstić information content (AvgIpc) is 2.68. The van der Waals surface area contributed by atoms with Crippen LogP contribution < -0.4 is 5.32 Å². The first-order chi connectivity index (χ1) is 9.95. The van der Waals surface area contributed by atoms with E-state index in [1.54, 1.807) is 10.7 Å². The van der Waals surface area contributed by atoms with Gasteiger partial charge in [-0.2, -0.15) is 5.10 Å². The van der Waals surface area contributed by atoms with Gasteiger partial charge in [0.25, 0.3) is 5.69 Å². The van der Waals surface area contributed by atoms with E-state index in [2.05, 4.69) is 10.4 Å². The summed E-state index contributed by atoms with van der Waals surface area (Å²) in [5.74, 6) is 0. The lowest BCUT2D eigenvalue weighted by atomic mass is 10.1. The van der Waals surface area contributed by atoms with Gasteiger partial charge in [0.2, 0.25) is 0 Å². The number of aromatic nitrogens is 2. The second-order valence-corrected chi connectivity index (χ2v) is 5.12. The Labute approximate surface area is 127 Å². The second-order valence-electron chi connectivity index (χ2n) is 4.74. The van der Waals surface area contributed by atoms with Gasteiger partial charge in [0.05, 0.1) is 27.9 Å². The number of para-hydroxylation sites is 1. The van der Waals surface area contributed by atoms with Gasteiger partial charge in [-0.1, -0.05) is 23.7 Å². The van der Waals surface area contributed by atoms with E-state index in [-0.39, 0.29) is 10.6 Å². The topological polar surface area (TPSA) is 73.0 Å². The zero-order valence-corrected chi connectivity index (χ0v) is 12.9. The molecule has 0 saturated heterocycles. The lowest BCUT2D eigenvalue weighted by Crippen LogP contribution is -2.09. The number of nitrogens with zero attached hydrogens (tertiary/aromatic N) is 3. The number of aryl methyl sites for hydroxylation is 1. The van der Waals surface area contributed by atoms with Crippen LogP contribution in [-0.4, -0.2) is 21.2 Å². The molecule has 7 heteroatoms. The van der Waals surface area contributed by atoms with Crippen LogP contribution in [0.4, 0.5) is 11.4 Å². The van der Waals surface area contributed by atoms with Crippen LogP contribution in [0.1, 0.15) is 23.9 Å². The zero-order valence-electron chi connectivity index (χ0n) is 12.2. The zero-order chi connectivity index (χ0) is 15.6. The maximum Gasteiger partial charge on any atom is 0.292 e. The highest BCUT2D eigenvalue weighted by Crippen LogP contribution is 2.29. The number of anilines is 1. The third-order valence-corrected chi connectivity index (χ3v) is 3.84. The Bertz CT molecular complexity index is 682. The Morgan fingerprint density at radius 3 is 2.67 bits per heavy atom. The molecule has 0 spiro atoms. The fraction of sp³-hybridized carbons (Fsp3) is 0.357. The van der Waals surface area contributed by atoms with Gasteiger partial charge in [-0.05, 0) is 20.8 Å². The first-order valence-electron chi connectivity index (χ1n) is 6.65. The molecule has 21 heavy (non-hydrogen) atoms. The van der Waals surface area contributed by atoms with Gasteiger partial charge < -0.3 is 5.32 Å². The molecule has 0 aliphatic carbocycles. The van der Waals surface area contributed by atoms with Crippen LogP contribution in [0.25, 0.3) is 0 Å². The SMILES string of the molecule is CCNc1c(Cn2nc(C)c(Cl)c2C)cccc1[N+](=O)[O-]. The standard InChI is InChI=1S/C14H17ClN4O2/c1-4-16-14-11(6-5-7-12(14)19(20)21)8-18-10(3)13(15)9(2)17-18/h5-7,16H,4,8H2,1-3H3. The molecule has 112 valence electrons. The van der Waals surface area contributed by atoms with Crippen LogP contribution in [0.3, 0.4) is 0 Å². The van der Waals surface area contributed by atoms with Gasteiger partial charge in [0, 0.05) is 18.2 Å². The minimum absolute atomic E-state index is 0.0713. The van der Waals surface area contributed by atoms with Gasteiger partial charge in [-0.25, -0.2) is 0 Å². The lowest BCUT2D eigenvalue weighted by Gasteiger charge is -2.12. The number of rotatable bonds is 5. The molecule has 2 rings (SSSR count). The largest absolute Gasteiger partial charge is 0.379 e. The quantitative estimate of drug-likeness (QED) is 0.677. The highest BCUT2D eigenvalue weighted by atomic mass is 35.5. The van der Waals surface area contributed by atoms with Crippen molar-refractivity contribution >= 4 is 23.0 Å². The number of hydrogen-bond donors (Lipinski definition) is 1. The molecule has 0 aliphatic heterocycles. The van der Waals surface area contributed by atoms with E-state index in [0.717, 1.165) is 17.0 Å². The molecule has 0 saturated carbocycles. The Kier molecular flexibility index (Phi) is 4.47. The minimum atomic E-state index is -0.379. The van der Waals surface area contributed by atoms with Gasteiger partial charge >= 0.3 is 0 Å². The number of nitro groups is 1. The highest BCUT2D eigenvalue weighted by molar-refractivity contribution is 6.31. The van der Waals surface area contributed by atoms with Crippen molar-refractivity contribution in [3.8, 4) is 0 Å². The molecule has 0 fully saturated rings. The minimum Gasteiger partial charge on any atom is -0.379 e. The number of benzene rings is 1. The number of nitrogens with one attached hydrogen (secondary N) is 1. The molecule has 0 radical (unpaired) electrons. The third kappa shape index (κ3) is 3.00. The van der Waals surface area contributed by atoms with E-state index in [1.165, 1.54) is 6.07 Å². The van der Waals surface area contributed by atoms with Crippen molar-refractivity contribution in [2.24, 2.45) is 0 Å². The highest BCUT2D eigenvalue weighted by Gasteiger charge is 2.18. The van der Waals surface area contributed by atoms with E-state index in [9.17, 15) is 10.1 Å². The fourth-order valence-electron chi connectivity index (χ4n) is 2.24. The van der Waals surface area contributed by atoms with Crippen molar-refractivity contribution in [3.05, 3.63) is 50.3 Å². The first-order valence-corrected chi connectivity index (χ1v) is 7.03. The predicted octanol–water partition coefficient (Wildman–Crippen LogP) is 3.54. The first kappa shape index (κ1) is 15.3. The average molecular weight is 309 g/mol. The summed E-state index contributed by atoms with van der Waals surface area (Å²) in [5, 5.41) is 19.2. The molecule has 1 heterocycles. The molecule has 2 aromatic rings. The van der Waals surface area contributed by atoms with Gasteiger partial charge in [0.1, 0.15) is 5.69 Å². The van der Waals surface area contributed by atoms with Gasteiger partial charge in [0.15, 0.2) is 0 Å². The van der Waals surface area contributed by atoms with Crippen molar-refractivity contribution in [1.29, 1.82) is 0 Å². The van der Waals surface area contributed by atoms with Crippen molar-refractivity contribution in [1.82, 2.24) is 9.78 Å². The van der Waals surface area contributed by atoms with Crippen molar-refractivity contribution in [3.63, 3.8) is 0 Å². The molecule has 0 atom stereocenters. The summed E-state index contributed by atoms with van der Waals surface area (Å²) in [6.07, 6.45) is 0. The lowest BCUT2D eigenvalue weighted by molar-refractivity contribution is -0.384. The molecule has 6 nitrogen and oxygen atoms in total. The fourth-order valence-corrected chi connectivity index (χ4v) is 2.38. The second kappa shape index (κ2) is 6.13. The summed E-state index contributed by atoms with van der Waals surface area (Å²) < 4.78 is 1.76. The normalized spacial score (nSPS) is 10.7. The molecule has 0 aliphatic rings. The van der Waals surface area contributed by atoms with E-state index in [0.29, 0.717) is 23.8 Å². The van der Waals surface area contributed by atoms with Crippen LogP contribution in [0.2, 0.25) is 5.02 Å². The van der Waals surface area contributed by atoms with Crippen LogP contribution in [0, 0.1) is 24.0 Å². The summed E-state index contributed by atoms with van der Waals surface area (Å²) >= 11 is 6.14. The smallest absolute Gasteiger partial charge is 0.292 e. The molecule has 1 aromatic carbocycles. The molecule has 0 unspecified atom stereocenters. The third-order valence-electron chi connectivity index (χ3n) is 3.29. The van der Waals surface area contributed by atoms with Crippen molar-refractivity contribution < 1.29 is 4.92 Å². The molecule has 0 bridgehead atoms. The van der Waals surface area contributed by atoms with Crippen LogP contribution in [0.5, 0.6) is 0 Å². The maximum atomic E-state index is 11.1. The summed E-state index contributed by atoms with van der Waals surface area (Å²) in [6.45, 7) is 6.66. The van der Waals surface area contributed by atoms with Crippen LogP contribution >= 0.6 is 11.6 Å². The Morgan fingerprint density at radius 2 is 2.14 bits per heavy atom. The van der Waals surface area contributed by atoms with Crippen LogP contribution in [-0.2, 0) is 6.54 Å². The van der Waals surface area contributed by atoms with Crippen LogP contribution in [0.15, 0.2) is 18.2 Å². The number of halogens is 1. The number of hydrogen-bond acceptors (Lipinski definition) is 4. The monoisotopic (exact) mass is 308 g/mol. The Balaban J connectivity index is 2.46. The van der Waals surface area contributed by atoms with Crippen molar-refractivity contribution in [2.75, 3.05) is 11.9 Å². The molecule has 1 N–H and O–H groups in total. The van der Waals surface area contributed by atoms with Gasteiger partial charge in [-0.3, -0.25) is 14.8 Å². The molecule has 1 aromatic heterocycles. The van der Waals surface area contributed by atoms with Gasteiger partial charge in [-0.15, -0.1) is 0 Å². The van der Waals surface area contributed by atoms with E-state index < -0.39 is 0 Å². The van der Waals surface area contributed by atoms with E-state index >= 15 is 0 Å². The maximum absolute atomic E-state index is 11.1. The summed E-state index contributed by atoms with van der Waals surface area (Å²) in [6, 6.07) is 5.03.